The second kappa shape index (κ2) is 5.13. The van der Waals surface area contributed by atoms with E-state index in [2.05, 4.69) is 0 Å². The van der Waals surface area contributed by atoms with Crippen LogP contribution in [-0.4, -0.2) is 22.9 Å². The lowest BCUT2D eigenvalue weighted by Gasteiger charge is -2.17. The van der Waals surface area contributed by atoms with Crippen molar-refractivity contribution in [2.45, 2.75) is 6.42 Å². The van der Waals surface area contributed by atoms with Crippen molar-refractivity contribution in [2.24, 2.45) is 5.92 Å². The molecule has 1 saturated heterocycles. The van der Waals surface area contributed by atoms with Crippen molar-refractivity contribution in [3.05, 3.63) is 53.8 Å². The summed E-state index contributed by atoms with van der Waals surface area (Å²) in [5, 5.41) is 0.523. The van der Waals surface area contributed by atoms with Gasteiger partial charge in [0.25, 0.3) is 0 Å². The number of aromatic nitrogens is 1. The van der Waals surface area contributed by atoms with Crippen LogP contribution in [0.1, 0.15) is 11.2 Å². The first-order valence-corrected chi connectivity index (χ1v) is 6.76. The molecule has 20 heavy (non-hydrogen) atoms. The van der Waals surface area contributed by atoms with Gasteiger partial charge in [-0.1, -0.05) is 23.7 Å². The summed E-state index contributed by atoms with van der Waals surface area (Å²) in [4.78, 5) is 26.0. The van der Waals surface area contributed by atoms with Gasteiger partial charge in [0.15, 0.2) is 0 Å². The molecular weight excluding hydrogens is 276 g/mol. The van der Waals surface area contributed by atoms with Crippen LogP contribution in [0.4, 0.5) is 5.69 Å². The Balaban J connectivity index is 1.83. The van der Waals surface area contributed by atoms with E-state index in [9.17, 15) is 9.59 Å². The number of amides is 1. The molecular formula is C15H13ClN2O2. The highest BCUT2D eigenvalue weighted by atomic mass is 35.5. The number of para-hydroxylation sites is 1. The van der Waals surface area contributed by atoms with E-state index < -0.39 is 0 Å². The zero-order valence-electron chi connectivity index (χ0n) is 10.7. The van der Waals surface area contributed by atoms with Gasteiger partial charge in [0.1, 0.15) is 0 Å². The number of rotatable bonds is 2. The third kappa shape index (κ3) is 2.23. The minimum Gasteiger partial charge on any atom is -0.310 e. The fourth-order valence-electron chi connectivity index (χ4n) is 2.47. The number of halogens is 1. The molecule has 0 saturated carbocycles. The van der Waals surface area contributed by atoms with E-state index in [1.165, 1.54) is 4.57 Å². The van der Waals surface area contributed by atoms with Crippen LogP contribution in [-0.2, 0) is 4.79 Å². The molecule has 2 heterocycles. The summed E-state index contributed by atoms with van der Waals surface area (Å²) in [6.45, 7) is 0.375. The molecule has 3 rings (SSSR count). The van der Waals surface area contributed by atoms with Crippen LogP contribution in [0.5, 0.6) is 0 Å². The summed E-state index contributed by atoms with van der Waals surface area (Å²) in [6.07, 6.45) is 3.62. The molecule has 1 aliphatic rings. The highest BCUT2D eigenvalue weighted by Crippen LogP contribution is 2.31. The first kappa shape index (κ1) is 12.9. The number of carbonyl (C=O) groups is 2. The van der Waals surface area contributed by atoms with Crippen LogP contribution in [0.25, 0.3) is 0 Å². The molecule has 0 aliphatic carbocycles. The van der Waals surface area contributed by atoms with Gasteiger partial charge in [0.05, 0.1) is 16.6 Å². The number of nitrogens with zero attached hydrogens (tertiary/aromatic N) is 2. The van der Waals surface area contributed by atoms with Gasteiger partial charge in [0.2, 0.25) is 11.8 Å². The second-order valence-corrected chi connectivity index (χ2v) is 5.19. The molecule has 0 bridgehead atoms. The smallest absolute Gasteiger partial charge is 0.235 e. The number of hydrogen-bond donors (Lipinski definition) is 0. The van der Waals surface area contributed by atoms with Gasteiger partial charge in [-0.15, -0.1) is 0 Å². The third-order valence-corrected chi connectivity index (χ3v) is 3.80. The quantitative estimate of drug-likeness (QED) is 0.853. The van der Waals surface area contributed by atoms with Crippen LogP contribution in [0.2, 0.25) is 5.02 Å². The van der Waals surface area contributed by atoms with Crippen LogP contribution in [0.3, 0.4) is 0 Å². The Morgan fingerprint density at radius 2 is 1.85 bits per heavy atom. The normalized spacial score (nSPS) is 18.6. The molecule has 1 atom stereocenters. The number of carbonyl (C=O) groups excluding carboxylic acids is 2. The summed E-state index contributed by atoms with van der Waals surface area (Å²) >= 11 is 6.11. The molecule has 1 aromatic carbocycles. The minimum absolute atomic E-state index is 0.0575. The van der Waals surface area contributed by atoms with Crippen molar-refractivity contribution in [2.75, 3.05) is 11.4 Å². The van der Waals surface area contributed by atoms with Crippen molar-refractivity contribution in [1.82, 2.24) is 4.57 Å². The molecule has 1 unspecified atom stereocenters. The topological polar surface area (TPSA) is 42.3 Å². The number of hydrogen-bond acceptors (Lipinski definition) is 2. The zero-order chi connectivity index (χ0) is 14.1. The van der Waals surface area contributed by atoms with Crippen molar-refractivity contribution < 1.29 is 9.59 Å². The van der Waals surface area contributed by atoms with Crippen LogP contribution >= 0.6 is 11.6 Å². The highest BCUT2D eigenvalue weighted by molar-refractivity contribution is 6.33. The van der Waals surface area contributed by atoms with Gasteiger partial charge < -0.3 is 4.90 Å². The molecule has 1 fully saturated rings. The van der Waals surface area contributed by atoms with Gasteiger partial charge in [-0.25, -0.2) is 0 Å². The molecule has 102 valence electrons. The fraction of sp³-hybridized carbons (Fsp3) is 0.200. The van der Waals surface area contributed by atoms with Crippen LogP contribution < -0.4 is 4.90 Å². The lowest BCUT2D eigenvalue weighted by molar-refractivity contribution is -0.117. The summed E-state index contributed by atoms with van der Waals surface area (Å²) in [5.41, 5.74) is 0.668. The molecule has 1 aromatic heterocycles. The molecule has 5 heteroatoms. The van der Waals surface area contributed by atoms with Gasteiger partial charge in [-0.2, -0.15) is 0 Å². The lowest BCUT2D eigenvalue weighted by atomic mass is 10.1. The molecule has 0 spiro atoms. The monoisotopic (exact) mass is 288 g/mol. The predicted molar refractivity (Wildman–Crippen MR) is 77.0 cm³/mol. The Morgan fingerprint density at radius 3 is 2.55 bits per heavy atom. The van der Waals surface area contributed by atoms with Crippen molar-refractivity contribution in [1.29, 1.82) is 0 Å². The first-order valence-electron chi connectivity index (χ1n) is 6.39. The van der Waals surface area contributed by atoms with E-state index in [4.69, 9.17) is 11.6 Å². The summed E-state index contributed by atoms with van der Waals surface area (Å²) < 4.78 is 1.52. The number of benzene rings is 1. The van der Waals surface area contributed by atoms with E-state index >= 15 is 0 Å². The summed E-state index contributed by atoms with van der Waals surface area (Å²) in [6, 6.07) is 10.8. The van der Waals surface area contributed by atoms with Crippen LogP contribution in [0, 0.1) is 5.92 Å². The average molecular weight is 289 g/mol. The maximum atomic E-state index is 12.3. The molecule has 1 aliphatic heterocycles. The van der Waals surface area contributed by atoms with Crippen molar-refractivity contribution >= 4 is 29.1 Å². The van der Waals surface area contributed by atoms with E-state index in [1.807, 2.05) is 12.1 Å². The van der Waals surface area contributed by atoms with Gasteiger partial charge >= 0.3 is 0 Å². The Morgan fingerprint density at radius 1 is 1.15 bits per heavy atom. The maximum absolute atomic E-state index is 12.3. The zero-order valence-corrected chi connectivity index (χ0v) is 11.5. The Hall–Kier alpha value is -2.07. The third-order valence-electron chi connectivity index (χ3n) is 3.48. The van der Waals surface area contributed by atoms with Crippen LogP contribution in [0.15, 0.2) is 48.8 Å². The van der Waals surface area contributed by atoms with E-state index in [-0.39, 0.29) is 24.2 Å². The SMILES string of the molecule is O=C1CC(C(=O)n2cccc2)CN1c1ccccc1Cl. The molecule has 2 aromatic rings. The Labute approximate surface area is 121 Å². The van der Waals surface area contributed by atoms with Crippen molar-refractivity contribution in [3.63, 3.8) is 0 Å². The number of anilines is 1. The Kier molecular flexibility index (Phi) is 3.32. The fourth-order valence-corrected chi connectivity index (χ4v) is 2.71. The van der Waals surface area contributed by atoms with Gasteiger partial charge in [-0.3, -0.25) is 14.2 Å². The first-order chi connectivity index (χ1) is 9.66. The van der Waals surface area contributed by atoms with E-state index in [0.29, 0.717) is 17.3 Å². The summed E-state index contributed by atoms with van der Waals surface area (Å²) in [5.74, 6) is -0.451. The van der Waals surface area contributed by atoms with E-state index in [0.717, 1.165) is 0 Å². The molecule has 0 N–H and O–H groups in total. The molecule has 0 radical (unpaired) electrons. The van der Waals surface area contributed by atoms with E-state index in [1.54, 1.807) is 41.6 Å². The summed E-state index contributed by atoms with van der Waals surface area (Å²) in [7, 11) is 0. The average Bonchev–Trinajstić information content (AvgIpc) is 3.08. The van der Waals surface area contributed by atoms with Gasteiger partial charge in [0, 0.05) is 25.4 Å². The Bertz CT molecular complexity index is 652. The minimum atomic E-state index is -0.328. The molecule has 1 amide bonds. The predicted octanol–water partition coefficient (Wildman–Crippen LogP) is 2.83. The largest absolute Gasteiger partial charge is 0.310 e. The standard InChI is InChI=1S/C15H13ClN2O2/c16-12-5-1-2-6-13(12)18-10-11(9-14(18)19)15(20)17-7-3-4-8-17/h1-8,11H,9-10H2. The van der Waals surface area contributed by atoms with Crippen molar-refractivity contribution in [3.8, 4) is 0 Å². The van der Waals surface area contributed by atoms with Gasteiger partial charge in [-0.05, 0) is 24.3 Å². The highest BCUT2D eigenvalue weighted by Gasteiger charge is 2.36. The maximum Gasteiger partial charge on any atom is 0.235 e. The lowest BCUT2D eigenvalue weighted by Crippen LogP contribution is -2.27. The second-order valence-electron chi connectivity index (χ2n) is 4.79. The molecule has 4 nitrogen and oxygen atoms in total.